The van der Waals surface area contributed by atoms with Gasteiger partial charge in [-0.25, -0.2) is 4.98 Å². The average molecular weight is 329 g/mol. The largest absolute Gasteiger partial charge is 0.388 e. The molecule has 24 heavy (non-hydrogen) atoms. The summed E-state index contributed by atoms with van der Waals surface area (Å²) < 4.78 is 1.46. The van der Waals surface area contributed by atoms with E-state index in [1.54, 1.807) is 6.07 Å². The van der Waals surface area contributed by atoms with Crippen LogP contribution < -0.4 is 10.9 Å². The highest BCUT2D eigenvalue weighted by Gasteiger charge is 2.31. The molecule has 1 fully saturated rings. The summed E-state index contributed by atoms with van der Waals surface area (Å²) in [6.07, 6.45) is 5.17. The molecule has 1 heterocycles. The van der Waals surface area contributed by atoms with E-state index in [1.807, 2.05) is 19.1 Å². The van der Waals surface area contributed by atoms with Crippen molar-refractivity contribution in [1.29, 1.82) is 0 Å². The van der Waals surface area contributed by atoms with E-state index in [0.29, 0.717) is 10.9 Å². The second-order valence-corrected chi connectivity index (χ2v) is 6.67. The molecule has 128 valence electrons. The molecule has 6 heteroatoms. The van der Waals surface area contributed by atoms with E-state index in [4.69, 9.17) is 0 Å². The number of nitrogens with zero attached hydrogens (tertiary/aromatic N) is 2. The van der Waals surface area contributed by atoms with E-state index in [-0.39, 0.29) is 31.0 Å². The van der Waals surface area contributed by atoms with Crippen LogP contribution in [0.25, 0.3) is 10.9 Å². The third-order valence-electron chi connectivity index (χ3n) is 4.78. The van der Waals surface area contributed by atoms with Crippen LogP contribution in [-0.2, 0) is 11.3 Å². The first-order valence-electron chi connectivity index (χ1n) is 8.42. The van der Waals surface area contributed by atoms with Crippen LogP contribution in [0.1, 0.15) is 37.7 Å². The summed E-state index contributed by atoms with van der Waals surface area (Å²) in [4.78, 5) is 28.8. The monoisotopic (exact) mass is 329 g/mol. The predicted molar refractivity (Wildman–Crippen MR) is 91.8 cm³/mol. The predicted octanol–water partition coefficient (Wildman–Crippen LogP) is 1.52. The minimum absolute atomic E-state index is 0.133. The first-order valence-corrected chi connectivity index (χ1v) is 8.42. The van der Waals surface area contributed by atoms with Crippen molar-refractivity contribution in [3.05, 3.63) is 40.4 Å². The first-order chi connectivity index (χ1) is 11.5. The van der Waals surface area contributed by atoms with E-state index >= 15 is 0 Å². The Morgan fingerprint density at radius 3 is 2.88 bits per heavy atom. The molecule has 1 saturated carbocycles. The summed E-state index contributed by atoms with van der Waals surface area (Å²) in [5, 5.41) is 13.6. The Labute approximate surface area is 140 Å². The van der Waals surface area contributed by atoms with Gasteiger partial charge in [-0.15, -0.1) is 0 Å². The Balaban J connectivity index is 1.62. The minimum Gasteiger partial charge on any atom is -0.388 e. The third-order valence-corrected chi connectivity index (χ3v) is 4.78. The van der Waals surface area contributed by atoms with Gasteiger partial charge in [-0.1, -0.05) is 25.0 Å². The molecule has 0 saturated heterocycles. The molecule has 0 atom stereocenters. The fourth-order valence-electron chi connectivity index (χ4n) is 3.28. The molecule has 0 spiro atoms. The van der Waals surface area contributed by atoms with Gasteiger partial charge in [0.2, 0.25) is 5.91 Å². The maximum atomic E-state index is 12.5. The number of hydrogen-bond donors (Lipinski definition) is 2. The third kappa shape index (κ3) is 3.48. The van der Waals surface area contributed by atoms with E-state index < -0.39 is 5.60 Å². The Hall–Kier alpha value is -2.21. The molecule has 2 aromatic rings. The highest BCUT2D eigenvalue weighted by Crippen LogP contribution is 2.28. The molecule has 1 aromatic carbocycles. The fraction of sp³-hybridized carbons (Fsp3) is 0.500. The van der Waals surface area contributed by atoms with Crippen LogP contribution in [0.15, 0.2) is 29.3 Å². The molecule has 1 aromatic heterocycles. The SMILES string of the molecule is Cc1cccc2c(=O)n(CCC(=O)NCC3(O)CCCC3)cnc12. The number of aliphatic hydroxyl groups is 1. The molecule has 1 amide bonds. The van der Waals surface area contributed by atoms with Crippen LogP contribution >= 0.6 is 0 Å². The zero-order valence-corrected chi connectivity index (χ0v) is 13.9. The maximum Gasteiger partial charge on any atom is 0.261 e. The van der Waals surface area contributed by atoms with Crippen molar-refractivity contribution in [2.75, 3.05) is 6.54 Å². The Morgan fingerprint density at radius 1 is 1.38 bits per heavy atom. The van der Waals surface area contributed by atoms with Crippen molar-refractivity contribution in [1.82, 2.24) is 14.9 Å². The van der Waals surface area contributed by atoms with Crippen LogP contribution in [0.5, 0.6) is 0 Å². The van der Waals surface area contributed by atoms with Gasteiger partial charge in [0, 0.05) is 19.5 Å². The summed E-state index contributed by atoms with van der Waals surface area (Å²) in [6, 6.07) is 5.50. The van der Waals surface area contributed by atoms with Gasteiger partial charge in [-0.3, -0.25) is 14.2 Å². The lowest BCUT2D eigenvalue weighted by Gasteiger charge is -2.22. The Kier molecular flexibility index (Phi) is 4.66. The van der Waals surface area contributed by atoms with Crippen LogP contribution in [0, 0.1) is 6.92 Å². The molecule has 0 bridgehead atoms. The maximum absolute atomic E-state index is 12.5. The lowest BCUT2D eigenvalue weighted by atomic mass is 10.0. The number of carbonyl (C=O) groups excluding carboxylic acids is 1. The van der Waals surface area contributed by atoms with Crippen molar-refractivity contribution < 1.29 is 9.90 Å². The van der Waals surface area contributed by atoms with Crippen molar-refractivity contribution in [2.24, 2.45) is 0 Å². The highest BCUT2D eigenvalue weighted by atomic mass is 16.3. The molecule has 3 rings (SSSR count). The number of hydrogen-bond acceptors (Lipinski definition) is 4. The Morgan fingerprint density at radius 2 is 2.12 bits per heavy atom. The van der Waals surface area contributed by atoms with Crippen LogP contribution in [0.2, 0.25) is 0 Å². The second kappa shape index (κ2) is 6.73. The fourth-order valence-corrected chi connectivity index (χ4v) is 3.28. The molecule has 6 nitrogen and oxygen atoms in total. The van der Waals surface area contributed by atoms with Crippen LogP contribution in [0.3, 0.4) is 0 Å². The molecule has 2 N–H and O–H groups in total. The quantitative estimate of drug-likeness (QED) is 0.871. The highest BCUT2D eigenvalue weighted by molar-refractivity contribution is 5.80. The van der Waals surface area contributed by atoms with E-state index in [0.717, 1.165) is 31.2 Å². The number of aromatic nitrogens is 2. The van der Waals surface area contributed by atoms with Crippen LogP contribution in [-0.4, -0.2) is 32.7 Å². The number of para-hydroxylation sites is 1. The summed E-state index contributed by atoms with van der Waals surface area (Å²) in [6.45, 7) is 2.48. The van der Waals surface area contributed by atoms with Crippen molar-refractivity contribution in [3.63, 3.8) is 0 Å². The van der Waals surface area contributed by atoms with Gasteiger partial charge in [0.1, 0.15) is 0 Å². The molecule has 0 aliphatic heterocycles. The molecule has 0 unspecified atom stereocenters. The van der Waals surface area contributed by atoms with E-state index in [2.05, 4.69) is 10.3 Å². The number of nitrogens with one attached hydrogen (secondary N) is 1. The normalized spacial score (nSPS) is 16.4. The zero-order valence-electron chi connectivity index (χ0n) is 13.9. The van der Waals surface area contributed by atoms with Crippen molar-refractivity contribution in [2.45, 2.75) is 51.2 Å². The number of rotatable bonds is 5. The average Bonchev–Trinajstić information content (AvgIpc) is 3.00. The topological polar surface area (TPSA) is 84.2 Å². The lowest BCUT2D eigenvalue weighted by molar-refractivity contribution is -0.122. The number of fused-ring (bicyclic) bond motifs is 1. The van der Waals surface area contributed by atoms with Crippen molar-refractivity contribution >= 4 is 16.8 Å². The molecular weight excluding hydrogens is 306 g/mol. The number of carbonyl (C=O) groups is 1. The Bertz CT molecular complexity index is 807. The van der Waals surface area contributed by atoms with Gasteiger partial charge >= 0.3 is 0 Å². The number of aryl methyl sites for hydroxylation is 2. The van der Waals surface area contributed by atoms with Gasteiger partial charge in [-0.2, -0.15) is 0 Å². The molecular formula is C18H23N3O3. The summed E-state index contributed by atoms with van der Waals surface area (Å²) >= 11 is 0. The number of benzene rings is 1. The smallest absolute Gasteiger partial charge is 0.261 e. The first kappa shape index (κ1) is 16.6. The second-order valence-electron chi connectivity index (χ2n) is 6.67. The minimum atomic E-state index is -0.755. The zero-order chi connectivity index (χ0) is 17.2. The lowest BCUT2D eigenvalue weighted by Crippen LogP contribution is -2.41. The summed E-state index contributed by atoms with van der Waals surface area (Å²) in [7, 11) is 0. The van der Waals surface area contributed by atoms with Crippen LogP contribution in [0.4, 0.5) is 0 Å². The standard InChI is InChI=1S/C18H23N3O3/c1-13-5-4-6-14-16(13)20-12-21(17(14)23)10-7-15(22)19-11-18(24)8-2-3-9-18/h4-6,12,24H,2-3,7-11H2,1H3,(H,19,22). The molecule has 1 aliphatic rings. The summed E-state index contributed by atoms with van der Waals surface area (Å²) in [5.74, 6) is -0.161. The summed E-state index contributed by atoms with van der Waals surface area (Å²) in [5.41, 5.74) is 0.769. The van der Waals surface area contributed by atoms with E-state index in [9.17, 15) is 14.7 Å². The van der Waals surface area contributed by atoms with Gasteiger partial charge < -0.3 is 10.4 Å². The van der Waals surface area contributed by atoms with Crippen molar-refractivity contribution in [3.8, 4) is 0 Å². The van der Waals surface area contributed by atoms with Gasteiger partial charge in [-0.05, 0) is 31.4 Å². The number of amides is 1. The van der Waals surface area contributed by atoms with Gasteiger partial charge in [0.05, 0.1) is 22.8 Å². The van der Waals surface area contributed by atoms with Gasteiger partial charge in [0.15, 0.2) is 0 Å². The van der Waals surface area contributed by atoms with E-state index in [1.165, 1.54) is 10.9 Å². The van der Waals surface area contributed by atoms with Gasteiger partial charge in [0.25, 0.3) is 5.56 Å². The molecule has 1 aliphatic carbocycles. The molecule has 0 radical (unpaired) electrons.